The van der Waals surface area contributed by atoms with Crippen LogP contribution in [-0.2, 0) is 20.8 Å². The van der Waals surface area contributed by atoms with E-state index in [-0.39, 0.29) is 23.7 Å². The molecule has 1 aliphatic heterocycles. The lowest BCUT2D eigenvalue weighted by atomic mass is 10.0. The Labute approximate surface area is 173 Å². The number of aliphatic carboxylic acids is 1. The first-order valence-corrected chi connectivity index (χ1v) is 9.21. The zero-order chi connectivity index (χ0) is 21.0. The molecule has 6 nitrogen and oxygen atoms in total. The van der Waals surface area contributed by atoms with Crippen LogP contribution in [0.3, 0.4) is 0 Å². The molecule has 146 valence electrons. The number of carbonyl (C=O) groups excluding carboxylic acids is 2. The van der Waals surface area contributed by atoms with Crippen molar-refractivity contribution < 1.29 is 19.5 Å². The Balaban J connectivity index is 1.81. The Kier molecular flexibility index (Phi) is 5.99. The normalized spacial score (nSPS) is 15.4. The van der Waals surface area contributed by atoms with Crippen LogP contribution in [0.15, 0.2) is 66.8 Å². The maximum absolute atomic E-state index is 12.6. The number of hydrogen-bond donors (Lipinski definition) is 2. The van der Waals surface area contributed by atoms with Gasteiger partial charge in [-0.05, 0) is 40.5 Å². The molecular formula is C22H18N2O4S. The lowest BCUT2D eigenvalue weighted by Gasteiger charge is -2.27. The van der Waals surface area contributed by atoms with Gasteiger partial charge in [-0.3, -0.25) is 24.6 Å². The summed E-state index contributed by atoms with van der Waals surface area (Å²) in [5, 5.41) is 11.4. The van der Waals surface area contributed by atoms with Crippen LogP contribution in [0.4, 0.5) is 0 Å². The molecule has 0 atom stereocenters. The third kappa shape index (κ3) is 4.64. The second kappa shape index (κ2) is 8.62. The predicted octanol–water partition coefficient (Wildman–Crippen LogP) is 2.79. The van der Waals surface area contributed by atoms with Gasteiger partial charge in [-0.15, -0.1) is 6.58 Å². The first-order chi connectivity index (χ1) is 13.9. The fraction of sp³-hybridized carbons (Fsp3) is 0.0909. The molecule has 29 heavy (non-hydrogen) atoms. The van der Waals surface area contributed by atoms with Crippen molar-refractivity contribution in [2.45, 2.75) is 6.42 Å². The number of hydrogen-bond acceptors (Lipinski definition) is 4. The van der Waals surface area contributed by atoms with Crippen molar-refractivity contribution in [2.24, 2.45) is 0 Å². The molecule has 2 amide bonds. The van der Waals surface area contributed by atoms with Gasteiger partial charge in [0.05, 0.1) is 6.42 Å². The maximum Gasteiger partial charge on any atom is 0.307 e. The van der Waals surface area contributed by atoms with E-state index in [4.69, 9.17) is 17.3 Å². The van der Waals surface area contributed by atoms with Crippen LogP contribution in [-0.4, -0.2) is 39.4 Å². The molecule has 7 heteroatoms. The molecule has 0 aromatic heterocycles. The van der Waals surface area contributed by atoms with E-state index in [1.807, 2.05) is 24.3 Å². The van der Waals surface area contributed by atoms with Crippen LogP contribution >= 0.6 is 12.2 Å². The lowest BCUT2D eigenvalue weighted by molar-refractivity contribution is -0.136. The van der Waals surface area contributed by atoms with E-state index in [0.717, 1.165) is 16.7 Å². The van der Waals surface area contributed by atoms with Crippen molar-refractivity contribution in [3.63, 3.8) is 0 Å². The first-order valence-electron chi connectivity index (χ1n) is 8.80. The van der Waals surface area contributed by atoms with Gasteiger partial charge in [0.15, 0.2) is 5.11 Å². The van der Waals surface area contributed by atoms with E-state index in [2.05, 4.69) is 11.9 Å². The second-order valence-corrected chi connectivity index (χ2v) is 6.80. The fourth-order valence-electron chi connectivity index (χ4n) is 2.92. The number of thiocarbonyl (C=S) groups is 1. The van der Waals surface area contributed by atoms with Crippen LogP contribution in [0.1, 0.15) is 11.1 Å². The Hall–Kier alpha value is -3.58. The van der Waals surface area contributed by atoms with Crippen molar-refractivity contribution in [1.82, 2.24) is 10.2 Å². The van der Waals surface area contributed by atoms with E-state index >= 15 is 0 Å². The molecule has 1 fully saturated rings. The summed E-state index contributed by atoms with van der Waals surface area (Å²) < 4.78 is 0. The Morgan fingerprint density at radius 2 is 1.66 bits per heavy atom. The highest BCUT2D eigenvalue weighted by Gasteiger charge is 2.32. The third-order valence-electron chi connectivity index (χ3n) is 4.36. The number of nitrogens with one attached hydrogen (secondary N) is 1. The Bertz CT molecular complexity index is 1020. The molecule has 1 saturated heterocycles. The molecule has 1 heterocycles. The van der Waals surface area contributed by atoms with E-state index in [1.165, 1.54) is 17.1 Å². The van der Waals surface area contributed by atoms with Crippen LogP contribution in [0.25, 0.3) is 17.2 Å². The summed E-state index contributed by atoms with van der Waals surface area (Å²) in [5.74, 6) is -1.86. The summed E-state index contributed by atoms with van der Waals surface area (Å²) >= 11 is 5.03. The van der Waals surface area contributed by atoms with Gasteiger partial charge < -0.3 is 5.11 Å². The molecule has 0 aliphatic carbocycles. The fourth-order valence-corrected chi connectivity index (χ4v) is 3.17. The van der Waals surface area contributed by atoms with Crippen molar-refractivity contribution in [1.29, 1.82) is 0 Å². The smallest absolute Gasteiger partial charge is 0.307 e. The van der Waals surface area contributed by atoms with Gasteiger partial charge in [-0.25, -0.2) is 0 Å². The third-order valence-corrected chi connectivity index (χ3v) is 4.68. The van der Waals surface area contributed by atoms with Gasteiger partial charge in [-0.2, -0.15) is 0 Å². The summed E-state index contributed by atoms with van der Waals surface area (Å²) in [5.41, 5.74) is 3.30. The average molecular weight is 406 g/mol. The first kappa shape index (κ1) is 20.2. The zero-order valence-corrected chi connectivity index (χ0v) is 16.2. The minimum atomic E-state index is -0.871. The largest absolute Gasteiger partial charge is 0.481 e. The number of carboxylic acid groups (broad SMARTS) is 1. The number of carbonyl (C=O) groups is 3. The van der Waals surface area contributed by atoms with E-state index in [0.29, 0.717) is 5.56 Å². The summed E-state index contributed by atoms with van der Waals surface area (Å²) in [6, 6.07) is 14.6. The Morgan fingerprint density at radius 3 is 2.21 bits per heavy atom. The molecule has 2 aromatic carbocycles. The van der Waals surface area contributed by atoms with E-state index in [1.54, 1.807) is 24.3 Å². The van der Waals surface area contributed by atoms with Gasteiger partial charge in [-0.1, -0.05) is 54.6 Å². The highest BCUT2D eigenvalue weighted by Crippen LogP contribution is 2.22. The van der Waals surface area contributed by atoms with Crippen molar-refractivity contribution in [3.8, 4) is 11.1 Å². The molecule has 0 bridgehead atoms. The monoisotopic (exact) mass is 406 g/mol. The van der Waals surface area contributed by atoms with Crippen LogP contribution in [0.5, 0.6) is 0 Å². The SMILES string of the molecule is C=CCN1C(=O)/C(=C/c2ccc(-c3ccc(CC(=O)O)cc3)cc2)C(=O)NC1=S. The minimum Gasteiger partial charge on any atom is -0.481 e. The minimum absolute atomic E-state index is 0.00576. The van der Waals surface area contributed by atoms with E-state index < -0.39 is 17.8 Å². The molecule has 3 rings (SSSR count). The predicted molar refractivity (Wildman–Crippen MR) is 114 cm³/mol. The molecule has 2 N–H and O–H groups in total. The van der Waals surface area contributed by atoms with Crippen molar-refractivity contribution >= 4 is 41.2 Å². The molecule has 0 radical (unpaired) electrons. The van der Waals surface area contributed by atoms with Gasteiger partial charge in [0.2, 0.25) is 0 Å². The lowest BCUT2D eigenvalue weighted by Crippen LogP contribution is -2.53. The molecule has 0 saturated carbocycles. The molecule has 2 aromatic rings. The quantitative estimate of drug-likeness (QED) is 0.333. The number of rotatable bonds is 6. The summed E-state index contributed by atoms with van der Waals surface area (Å²) in [7, 11) is 0. The van der Waals surface area contributed by atoms with Gasteiger partial charge in [0, 0.05) is 6.54 Å². The highest BCUT2D eigenvalue weighted by molar-refractivity contribution is 7.80. The number of nitrogens with zero attached hydrogens (tertiary/aromatic N) is 1. The second-order valence-electron chi connectivity index (χ2n) is 6.41. The van der Waals surface area contributed by atoms with Gasteiger partial charge >= 0.3 is 5.97 Å². The van der Waals surface area contributed by atoms with Gasteiger partial charge in [0.1, 0.15) is 5.57 Å². The van der Waals surface area contributed by atoms with Crippen LogP contribution < -0.4 is 5.32 Å². The highest BCUT2D eigenvalue weighted by atomic mass is 32.1. The average Bonchev–Trinajstić information content (AvgIpc) is 2.69. The van der Waals surface area contributed by atoms with Crippen molar-refractivity contribution in [2.75, 3.05) is 6.54 Å². The molecule has 0 spiro atoms. The summed E-state index contributed by atoms with van der Waals surface area (Å²) in [6.45, 7) is 3.81. The number of amides is 2. The summed E-state index contributed by atoms with van der Waals surface area (Å²) in [4.78, 5) is 36.8. The molecule has 1 aliphatic rings. The number of carboxylic acids is 1. The topological polar surface area (TPSA) is 86.7 Å². The van der Waals surface area contributed by atoms with Gasteiger partial charge in [0.25, 0.3) is 11.8 Å². The molecular weight excluding hydrogens is 388 g/mol. The maximum atomic E-state index is 12.6. The number of benzene rings is 2. The van der Waals surface area contributed by atoms with Crippen molar-refractivity contribution in [3.05, 3.63) is 77.9 Å². The standard InChI is InChI=1S/C22H18N2O4S/c1-2-11-24-21(28)18(20(27)23-22(24)29)12-14-3-7-16(8-4-14)17-9-5-15(6-10-17)13-19(25)26/h2-10,12H,1,11,13H2,(H,25,26)(H,23,27,29)/b18-12+. The van der Waals surface area contributed by atoms with E-state index in [9.17, 15) is 14.4 Å². The van der Waals surface area contributed by atoms with Crippen LogP contribution in [0.2, 0.25) is 0 Å². The van der Waals surface area contributed by atoms with Crippen LogP contribution in [0, 0.1) is 0 Å². The zero-order valence-electron chi connectivity index (χ0n) is 15.4. The molecule has 0 unspecified atom stereocenters. The summed E-state index contributed by atoms with van der Waals surface area (Å²) in [6.07, 6.45) is 3.04. The Morgan fingerprint density at radius 1 is 1.07 bits per heavy atom.